The minimum atomic E-state index is -0.105. The molecular formula is C20H21N5O2. The third-order valence-corrected chi connectivity index (χ3v) is 4.79. The molecule has 0 aliphatic carbocycles. The predicted octanol–water partition coefficient (Wildman–Crippen LogP) is 3.30. The van der Waals surface area contributed by atoms with E-state index in [2.05, 4.69) is 25.4 Å². The molecule has 27 heavy (non-hydrogen) atoms. The number of rotatable bonds is 4. The Morgan fingerprint density at radius 2 is 2.15 bits per heavy atom. The van der Waals surface area contributed by atoms with E-state index < -0.39 is 0 Å². The van der Waals surface area contributed by atoms with Gasteiger partial charge in [0.05, 0.1) is 12.2 Å². The molecule has 1 fully saturated rings. The first-order valence-corrected chi connectivity index (χ1v) is 9.06. The molecule has 3 aromatic heterocycles. The number of aryl methyl sites for hydroxylation is 1. The van der Waals surface area contributed by atoms with E-state index in [1.807, 2.05) is 43.3 Å². The Labute approximate surface area is 157 Å². The maximum atomic E-state index is 12.7. The van der Waals surface area contributed by atoms with Gasteiger partial charge >= 0.3 is 0 Å². The van der Waals surface area contributed by atoms with Gasteiger partial charge in [-0.3, -0.25) is 4.79 Å². The standard InChI is InChI=1S/C20H21N5O2/c1-14-5-2-10-21-19(14)22-20(26)15-6-3-11-25(13-15)18-9-8-16(23-24-18)17-7-4-12-27-17/h2,4-5,7-10,12,15H,3,6,11,13H2,1H3,(H,21,22,26). The van der Waals surface area contributed by atoms with Crippen LogP contribution in [-0.2, 0) is 4.79 Å². The lowest BCUT2D eigenvalue weighted by Crippen LogP contribution is -2.41. The second-order valence-corrected chi connectivity index (χ2v) is 6.70. The Balaban J connectivity index is 1.43. The van der Waals surface area contributed by atoms with Gasteiger partial charge in [-0.05, 0) is 55.7 Å². The minimum Gasteiger partial charge on any atom is -0.463 e. The molecule has 1 N–H and O–H groups in total. The van der Waals surface area contributed by atoms with Crippen molar-refractivity contribution in [3.05, 3.63) is 54.4 Å². The normalized spacial score (nSPS) is 16.9. The molecule has 4 rings (SSSR count). The van der Waals surface area contributed by atoms with Gasteiger partial charge in [0.15, 0.2) is 11.6 Å². The topological polar surface area (TPSA) is 84.2 Å². The largest absolute Gasteiger partial charge is 0.463 e. The van der Waals surface area contributed by atoms with E-state index in [9.17, 15) is 4.79 Å². The fourth-order valence-corrected chi connectivity index (χ4v) is 3.28. The molecule has 0 aromatic carbocycles. The first-order valence-electron chi connectivity index (χ1n) is 9.06. The zero-order valence-corrected chi connectivity index (χ0v) is 15.1. The van der Waals surface area contributed by atoms with Gasteiger partial charge in [0.2, 0.25) is 5.91 Å². The number of furan rings is 1. The van der Waals surface area contributed by atoms with Crippen LogP contribution < -0.4 is 10.2 Å². The highest BCUT2D eigenvalue weighted by molar-refractivity contribution is 5.92. The molecule has 0 saturated carbocycles. The Bertz CT molecular complexity index is 908. The monoisotopic (exact) mass is 363 g/mol. The highest BCUT2D eigenvalue weighted by Gasteiger charge is 2.27. The molecule has 1 unspecified atom stereocenters. The molecule has 3 aromatic rings. The van der Waals surface area contributed by atoms with E-state index in [4.69, 9.17) is 4.42 Å². The summed E-state index contributed by atoms with van der Waals surface area (Å²) in [5.74, 6) is 1.99. The molecule has 1 amide bonds. The number of hydrogen-bond acceptors (Lipinski definition) is 6. The number of nitrogens with one attached hydrogen (secondary N) is 1. The second kappa shape index (κ2) is 7.57. The highest BCUT2D eigenvalue weighted by Crippen LogP contribution is 2.24. The summed E-state index contributed by atoms with van der Waals surface area (Å²) in [4.78, 5) is 19.0. The Morgan fingerprint density at radius 3 is 2.89 bits per heavy atom. The van der Waals surface area contributed by atoms with Crippen molar-refractivity contribution in [2.75, 3.05) is 23.3 Å². The van der Waals surface area contributed by atoms with Crippen molar-refractivity contribution in [1.29, 1.82) is 0 Å². The zero-order chi connectivity index (χ0) is 18.6. The first kappa shape index (κ1) is 17.2. The van der Waals surface area contributed by atoms with Gasteiger partial charge in [0.1, 0.15) is 11.5 Å². The van der Waals surface area contributed by atoms with E-state index in [0.717, 1.165) is 30.8 Å². The van der Waals surface area contributed by atoms with E-state index in [-0.39, 0.29) is 11.8 Å². The number of hydrogen-bond donors (Lipinski definition) is 1. The van der Waals surface area contributed by atoms with Crippen LogP contribution in [0.2, 0.25) is 0 Å². The highest BCUT2D eigenvalue weighted by atomic mass is 16.3. The Kier molecular flexibility index (Phi) is 4.82. The number of carbonyl (C=O) groups excluding carboxylic acids is 1. The van der Waals surface area contributed by atoms with E-state index in [1.165, 1.54) is 0 Å². The van der Waals surface area contributed by atoms with Gasteiger partial charge in [-0.2, -0.15) is 0 Å². The van der Waals surface area contributed by atoms with Crippen molar-refractivity contribution in [1.82, 2.24) is 15.2 Å². The van der Waals surface area contributed by atoms with Gasteiger partial charge in [-0.15, -0.1) is 10.2 Å². The molecule has 1 aliphatic heterocycles. The average Bonchev–Trinajstić information content (AvgIpc) is 3.25. The molecule has 0 bridgehead atoms. The lowest BCUT2D eigenvalue weighted by atomic mass is 9.97. The van der Waals surface area contributed by atoms with Crippen LogP contribution in [0.25, 0.3) is 11.5 Å². The van der Waals surface area contributed by atoms with Crippen LogP contribution in [0.15, 0.2) is 53.3 Å². The van der Waals surface area contributed by atoms with Crippen molar-refractivity contribution in [3.63, 3.8) is 0 Å². The number of piperidine rings is 1. The lowest BCUT2D eigenvalue weighted by Gasteiger charge is -2.32. The van der Waals surface area contributed by atoms with E-state index in [0.29, 0.717) is 23.8 Å². The summed E-state index contributed by atoms with van der Waals surface area (Å²) in [6.07, 6.45) is 5.08. The summed E-state index contributed by atoms with van der Waals surface area (Å²) < 4.78 is 5.34. The fraction of sp³-hybridized carbons (Fsp3) is 0.300. The van der Waals surface area contributed by atoms with Gasteiger partial charge in [0, 0.05) is 19.3 Å². The summed E-state index contributed by atoms with van der Waals surface area (Å²) in [5, 5.41) is 11.5. The molecule has 0 radical (unpaired) electrons. The quantitative estimate of drug-likeness (QED) is 0.766. The van der Waals surface area contributed by atoms with Crippen LogP contribution in [-0.4, -0.2) is 34.2 Å². The number of nitrogens with zero attached hydrogens (tertiary/aromatic N) is 4. The van der Waals surface area contributed by atoms with Crippen LogP contribution in [0.1, 0.15) is 18.4 Å². The molecular weight excluding hydrogens is 342 g/mol. The number of amides is 1. The number of aromatic nitrogens is 3. The first-order chi connectivity index (χ1) is 13.2. The van der Waals surface area contributed by atoms with Crippen LogP contribution in [0, 0.1) is 12.8 Å². The molecule has 7 nitrogen and oxygen atoms in total. The fourth-order valence-electron chi connectivity index (χ4n) is 3.28. The summed E-state index contributed by atoms with van der Waals surface area (Å²) in [7, 11) is 0. The van der Waals surface area contributed by atoms with Crippen molar-refractivity contribution < 1.29 is 9.21 Å². The van der Waals surface area contributed by atoms with Gasteiger partial charge < -0.3 is 14.6 Å². The molecule has 7 heteroatoms. The summed E-state index contributed by atoms with van der Waals surface area (Å²) >= 11 is 0. The summed E-state index contributed by atoms with van der Waals surface area (Å²) in [6, 6.07) is 11.3. The maximum Gasteiger partial charge on any atom is 0.230 e. The summed E-state index contributed by atoms with van der Waals surface area (Å²) in [6.45, 7) is 3.42. The second-order valence-electron chi connectivity index (χ2n) is 6.70. The lowest BCUT2D eigenvalue weighted by molar-refractivity contribution is -0.120. The number of anilines is 2. The number of carbonyl (C=O) groups is 1. The molecule has 1 saturated heterocycles. The number of pyridine rings is 1. The molecule has 0 spiro atoms. The molecule has 4 heterocycles. The van der Waals surface area contributed by atoms with Crippen molar-refractivity contribution in [2.45, 2.75) is 19.8 Å². The average molecular weight is 363 g/mol. The molecule has 1 atom stereocenters. The third-order valence-electron chi connectivity index (χ3n) is 4.79. The van der Waals surface area contributed by atoms with Crippen LogP contribution in [0.5, 0.6) is 0 Å². The maximum absolute atomic E-state index is 12.7. The predicted molar refractivity (Wildman–Crippen MR) is 102 cm³/mol. The summed E-state index contributed by atoms with van der Waals surface area (Å²) in [5.41, 5.74) is 1.65. The smallest absolute Gasteiger partial charge is 0.230 e. The molecule has 138 valence electrons. The Hall–Kier alpha value is -3.22. The van der Waals surface area contributed by atoms with Crippen LogP contribution in [0.4, 0.5) is 11.6 Å². The SMILES string of the molecule is Cc1cccnc1NC(=O)C1CCCN(c2ccc(-c3ccco3)nn2)C1. The van der Waals surface area contributed by atoms with Gasteiger partial charge in [0.25, 0.3) is 0 Å². The van der Waals surface area contributed by atoms with Gasteiger partial charge in [-0.1, -0.05) is 6.07 Å². The van der Waals surface area contributed by atoms with Gasteiger partial charge in [-0.25, -0.2) is 4.98 Å². The third kappa shape index (κ3) is 3.81. The van der Waals surface area contributed by atoms with E-state index in [1.54, 1.807) is 12.5 Å². The zero-order valence-electron chi connectivity index (χ0n) is 15.1. The van der Waals surface area contributed by atoms with Crippen molar-refractivity contribution in [2.24, 2.45) is 5.92 Å². The van der Waals surface area contributed by atoms with Crippen LogP contribution >= 0.6 is 0 Å². The Morgan fingerprint density at radius 1 is 1.22 bits per heavy atom. The van der Waals surface area contributed by atoms with Crippen LogP contribution in [0.3, 0.4) is 0 Å². The van der Waals surface area contributed by atoms with Crippen molar-refractivity contribution in [3.8, 4) is 11.5 Å². The minimum absolute atomic E-state index is 0.00154. The molecule has 1 aliphatic rings. The van der Waals surface area contributed by atoms with Crippen molar-refractivity contribution >= 4 is 17.5 Å². The van der Waals surface area contributed by atoms with E-state index >= 15 is 0 Å².